The van der Waals surface area contributed by atoms with Gasteiger partial charge in [-0.1, -0.05) is 29.5 Å². The maximum Gasteiger partial charge on any atom is 0.243 e. The van der Waals surface area contributed by atoms with Crippen molar-refractivity contribution in [2.75, 3.05) is 31.1 Å². The molecule has 8 heteroatoms. The molecule has 0 unspecified atom stereocenters. The number of benzene rings is 1. The molecule has 2 aromatic rings. The topological polar surface area (TPSA) is 66.4 Å². The second kappa shape index (κ2) is 5.85. The van der Waals surface area contributed by atoms with Gasteiger partial charge >= 0.3 is 0 Å². The quantitative estimate of drug-likeness (QED) is 0.843. The molecular weight excluding hydrogens is 332 g/mol. The van der Waals surface area contributed by atoms with E-state index in [2.05, 4.69) is 15.1 Å². The Balaban J connectivity index is 1.44. The lowest BCUT2D eigenvalue weighted by atomic mass is 10.4. The van der Waals surface area contributed by atoms with Gasteiger partial charge in [-0.3, -0.25) is 0 Å². The zero-order valence-corrected chi connectivity index (χ0v) is 14.3. The van der Waals surface area contributed by atoms with E-state index in [0.717, 1.165) is 10.1 Å². The fourth-order valence-electron chi connectivity index (χ4n) is 2.71. The van der Waals surface area contributed by atoms with Gasteiger partial charge in [0.15, 0.2) is 0 Å². The molecule has 1 aromatic heterocycles. The molecule has 1 aliphatic heterocycles. The highest BCUT2D eigenvalue weighted by molar-refractivity contribution is 7.89. The SMILES string of the molecule is O=S(=O)(c1ccccc1)N1CCN(c2nnc(C3CC3)s2)CC1. The van der Waals surface area contributed by atoms with Gasteiger partial charge < -0.3 is 4.90 Å². The van der Waals surface area contributed by atoms with Crippen LogP contribution in [0.3, 0.4) is 0 Å². The van der Waals surface area contributed by atoms with Crippen molar-refractivity contribution in [3.05, 3.63) is 35.3 Å². The molecule has 1 aromatic carbocycles. The molecule has 0 spiro atoms. The molecule has 23 heavy (non-hydrogen) atoms. The van der Waals surface area contributed by atoms with Crippen LogP contribution in [0.2, 0.25) is 0 Å². The first-order chi connectivity index (χ1) is 11.1. The van der Waals surface area contributed by atoms with Crippen molar-refractivity contribution < 1.29 is 8.42 Å². The summed E-state index contributed by atoms with van der Waals surface area (Å²) in [7, 11) is -3.39. The van der Waals surface area contributed by atoms with Crippen LogP contribution in [-0.2, 0) is 10.0 Å². The molecule has 122 valence electrons. The molecular formula is C15H18N4O2S2. The van der Waals surface area contributed by atoms with Crippen molar-refractivity contribution in [1.82, 2.24) is 14.5 Å². The predicted molar refractivity (Wildman–Crippen MR) is 89.3 cm³/mol. The molecule has 0 radical (unpaired) electrons. The zero-order valence-electron chi connectivity index (χ0n) is 12.6. The normalized spacial score (nSPS) is 19.9. The van der Waals surface area contributed by atoms with E-state index in [1.165, 1.54) is 12.8 Å². The Labute approximate surface area is 139 Å². The largest absolute Gasteiger partial charge is 0.344 e. The van der Waals surface area contributed by atoms with E-state index in [4.69, 9.17) is 0 Å². The van der Waals surface area contributed by atoms with Gasteiger partial charge in [0, 0.05) is 32.1 Å². The van der Waals surface area contributed by atoms with Gasteiger partial charge in [-0.05, 0) is 25.0 Å². The van der Waals surface area contributed by atoms with Crippen LogP contribution in [0.15, 0.2) is 35.2 Å². The fourth-order valence-corrected chi connectivity index (χ4v) is 5.22. The standard InChI is InChI=1S/C15H18N4O2S2/c20-23(21,13-4-2-1-3-5-13)19-10-8-18(9-11-19)15-17-16-14(22-15)12-6-7-12/h1-5,12H,6-11H2. The molecule has 6 nitrogen and oxygen atoms in total. The molecule has 4 rings (SSSR count). The number of nitrogens with zero attached hydrogens (tertiary/aromatic N) is 4. The third-order valence-electron chi connectivity index (χ3n) is 4.25. The Morgan fingerprint density at radius 3 is 2.35 bits per heavy atom. The van der Waals surface area contributed by atoms with E-state index >= 15 is 0 Å². The van der Waals surface area contributed by atoms with Crippen LogP contribution in [0.4, 0.5) is 5.13 Å². The minimum absolute atomic E-state index is 0.361. The minimum atomic E-state index is -3.39. The van der Waals surface area contributed by atoms with Crippen LogP contribution in [0.1, 0.15) is 23.8 Å². The van der Waals surface area contributed by atoms with Crippen LogP contribution in [0.25, 0.3) is 0 Å². The Bertz CT molecular complexity index is 779. The van der Waals surface area contributed by atoms with Gasteiger partial charge in [0.05, 0.1) is 4.90 Å². The average molecular weight is 350 g/mol. The number of anilines is 1. The second-order valence-corrected chi connectivity index (χ2v) is 8.83. The first-order valence-electron chi connectivity index (χ1n) is 7.78. The lowest BCUT2D eigenvalue weighted by Crippen LogP contribution is -2.48. The molecule has 1 saturated carbocycles. The number of sulfonamides is 1. The van der Waals surface area contributed by atoms with Gasteiger partial charge in [0.2, 0.25) is 15.2 Å². The van der Waals surface area contributed by atoms with Crippen LogP contribution >= 0.6 is 11.3 Å². The molecule has 1 aliphatic carbocycles. The lowest BCUT2D eigenvalue weighted by Gasteiger charge is -2.33. The number of hydrogen-bond donors (Lipinski definition) is 0. The van der Waals surface area contributed by atoms with Gasteiger partial charge in [-0.15, -0.1) is 10.2 Å². The van der Waals surface area contributed by atoms with E-state index in [-0.39, 0.29) is 0 Å². The van der Waals surface area contributed by atoms with Crippen molar-refractivity contribution in [3.63, 3.8) is 0 Å². The molecule has 2 fully saturated rings. The minimum Gasteiger partial charge on any atom is -0.344 e. The summed E-state index contributed by atoms with van der Waals surface area (Å²) in [5, 5.41) is 10.6. The van der Waals surface area contributed by atoms with Gasteiger partial charge in [-0.25, -0.2) is 8.42 Å². The summed E-state index contributed by atoms with van der Waals surface area (Å²) in [6, 6.07) is 8.63. The second-order valence-electron chi connectivity index (χ2n) is 5.90. The monoisotopic (exact) mass is 350 g/mol. The maximum absolute atomic E-state index is 12.6. The third kappa shape index (κ3) is 2.98. The average Bonchev–Trinajstić information content (AvgIpc) is 3.33. The predicted octanol–water partition coefficient (Wildman–Crippen LogP) is 1.93. The summed E-state index contributed by atoms with van der Waals surface area (Å²) in [5.74, 6) is 0.612. The highest BCUT2D eigenvalue weighted by Gasteiger charge is 2.31. The number of piperazine rings is 1. The van der Waals surface area contributed by atoms with Crippen LogP contribution in [-0.4, -0.2) is 49.1 Å². The zero-order chi connectivity index (χ0) is 15.9. The smallest absolute Gasteiger partial charge is 0.243 e. The number of hydrogen-bond acceptors (Lipinski definition) is 6. The first kappa shape index (κ1) is 15.0. The summed E-state index contributed by atoms with van der Waals surface area (Å²) >= 11 is 1.65. The Morgan fingerprint density at radius 1 is 1.00 bits per heavy atom. The molecule has 2 heterocycles. The van der Waals surface area contributed by atoms with E-state index < -0.39 is 10.0 Å². The third-order valence-corrected chi connectivity index (χ3v) is 7.31. The van der Waals surface area contributed by atoms with Gasteiger partial charge in [0.25, 0.3) is 0 Å². The van der Waals surface area contributed by atoms with Crippen LogP contribution in [0.5, 0.6) is 0 Å². The Hall–Kier alpha value is -1.51. The van der Waals surface area contributed by atoms with Crippen molar-refractivity contribution >= 4 is 26.5 Å². The summed E-state index contributed by atoms with van der Waals surface area (Å²) in [6.45, 7) is 2.28. The highest BCUT2D eigenvalue weighted by atomic mass is 32.2. The molecule has 0 atom stereocenters. The first-order valence-corrected chi connectivity index (χ1v) is 10.0. The summed E-state index contributed by atoms with van der Waals surface area (Å²) in [5.41, 5.74) is 0. The van der Waals surface area contributed by atoms with Crippen LogP contribution in [0, 0.1) is 0 Å². The summed E-state index contributed by atoms with van der Waals surface area (Å²) in [6.07, 6.45) is 2.44. The molecule has 0 amide bonds. The summed E-state index contributed by atoms with van der Waals surface area (Å²) < 4.78 is 26.8. The summed E-state index contributed by atoms with van der Waals surface area (Å²) in [4.78, 5) is 2.50. The highest BCUT2D eigenvalue weighted by Crippen LogP contribution is 2.42. The van der Waals surface area contributed by atoms with Crippen molar-refractivity contribution in [2.24, 2.45) is 0 Å². The van der Waals surface area contributed by atoms with Crippen molar-refractivity contribution in [1.29, 1.82) is 0 Å². The fraction of sp³-hybridized carbons (Fsp3) is 0.467. The molecule has 2 aliphatic rings. The van der Waals surface area contributed by atoms with Crippen LogP contribution < -0.4 is 4.90 Å². The van der Waals surface area contributed by atoms with Gasteiger partial charge in [0.1, 0.15) is 5.01 Å². The number of aromatic nitrogens is 2. The molecule has 1 saturated heterocycles. The molecule has 0 bridgehead atoms. The van der Waals surface area contributed by atoms with Crippen molar-refractivity contribution in [3.8, 4) is 0 Å². The van der Waals surface area contributed by atoms with E-state index in [9.17, 15) is 8.42 Å². The van der Waals surface area contributed by atoms with E-state index in [1.54, 1.807) is 39.9 Å². The Kier molecular flexibility index (Phi) is 3.82. The molecule has 0 N–H and O–H groups in total. The van der Waals surface area contributed by atoms with E-state index in [1.807, 2.05) is 6.07 Å². The van der Waals surface area contributed by atoms with E-state index in [0.29, 0.717) is 37.0 Å². The Morgan fingerprint density at radius 2 is 1.70 bits per heavy atom. The van der Waals surface area contributed by atoms with Crippen molar-refractivity contribution in [2.45, 2.75) is 23.7 Å². The maximum atomic E-state index is 12.6. The number of rotatable bonds is 4. The lowest BCUT2D eigenvalue weighted by molar-refractivity contribution is 0.384. The van der Waals surface area contributed by atoms with Gasteiger partial charge in [-0.2, -0.15) is 4.31 Å².